The molecule has 0 N–H and O–H groups in total. The van der Waals surface area contributed by atoms with Gasteiger partial charge in [0, 0.05) is 36.2 Å². The molecule has 2 aliphatic heterocycles. The van der Waals surface area contributed by atoms with Crippen LogP contribution < -0.4 is 0 Å². The molecule has 1 aromatic rings. The summed E-state index contributed by atoms with van der Waals surface area (Å²) in [6.07, 6.45) is 1.50. The number of carbonyl (C=O) groups is 1. The van der Waals surface area contributed by atoms with Crippen molar-refractivity contribution in [2.24, 2.45) is 5.92 Å². The van der Waals surface area contributed by atoms with E-state index in [4.69, 9.17) is 9.47 Å². The number of benzene rings is 1. The van der Waals surface area contributed by atoms with Gasteiger partial charge in [-0.15, -0.1) is 0 Å². The SMILES string of the molecule is Cc1ccc(C(=O)N2CCC(C3OCCO3)CC2)cc1[N+](=O)[O-]. The van der Waals surface area contributed by atoms with Gasteiger partial charge in [-0.1, -0.05) is 6.07 Å². The van der Waals surface area contributed by atoms with Crippen molar-refractivity contribution in [3.8, 4) is 0 Å². The molecular formula is C16H20N2O5. The van der Waals surface area contributed by atoms with Crippen LogP contribution in [0.4, 0.5) is 5.69 Å². The summed E-state index contributed by atoms with van der Waals surface area (Å²) < 4.78 is 11.1. The van der Waals surface area contributed by atoms with Crippen LogP contribution in [0.5, 0.6) is 0 Å². The van der Waals surface area contributed by atoms with E-state index < -0.39 is 4.92 Å². The number of hydrogen-bond donors (Lipinski definition) is 0. The van der Waals surface area contributed by atoms with Gasteiger partial charge in [0.25, 0.3) is 11.6 Å². The second-order valence-electron chi connectivity index (χ2n) is 6.00. The summed E-state index contributed by atoms with van der Waals surface area (Å²) >= 11 is 0. The van der Waals surface area contributed by atoms with Crippen LogP contribution in [0.3, 0.4) is 0 Å². The van der Waals surface area contributed by atoms with E-state index in [-0.39, 0.29) is 17.9 Å². The standard InChI is InChI=1S/C16H20N2O5/c1-11-2-3-13(10-14(11)18(20)21)15(19)17-6-4-12(5-7-17)16-22-8-9-23-16/h2-3,10,12,16H,4-9H2,1H3. The number of carbonyl (C=O) groups excluding carboxylic acids is 1. The van der Waals surface area contributed by atoms with E-state index in [1.807, 2.05) is 0 Å². The Morgan fingerprint density at radius 1 is 1.26 bits per heavy atom. The van der Waals surface area contributed by atoms with Crippen molar-refractivity contribution in [3.63, 3.8) is 0 Å². The number of piperidine rings is 1. The zero-order chi connectivity index (χ0) is 16.4. The van der Waals surface area contributed by atoms with E-state index in [9.17, 15) is 14.9 Å². The normalized spacial score (nSPS) is 20.0. The quantitative estimate of drug-likeness (QED) is 0.629. The molecule has 0 bridgehead atoms. The van der Waals surface area contributed by atoms with Gasteiger partial charge in [-0.2, -0.15) is 0 Å². The van der Waals surface area contributed by atoms with Crippen LogP contribution in [0.15, 0.2) is 18.2 Å². The topological polar surface area (TPSA) is 81.9 Å². The molecule has 2 aliphatic rings. The molecule has 1 aromatic carbocycles. The van der Waals surface area contributed by atoms with Gasteiger partial charge < -0.3 is 14.4 Å². The van der Waals surface area contributed by atoms with Crippen molar-refractivity contribution in [1.29, 1.82) is 0 Å². The third-order valence-corrected chi connectivity index (χ3v) is 4.51. The maximum absolute atomic E-state index is 12.6. The van der Waals surface area contributed by atoms with Gasteiger partial charge in [-0.05, 0) is 25.8 Å². The Morgan fingerprint density at radius 3 is 2.52 bits per heavy atom. The highest BCUT2D eigenvalue weighted by atomic mass is 16.7. The summed E-state index contributed by atoms with van der Waals surface area (Å²) in [4.78, 5) is 24.9. The minimum Gasteiger partial charge on any atom is -0.350 e. The summed E-state index contributed by atoms with van der Waals surface area (Å²) in [5, 5.41) is 11.0. The van der Waals surface area contributed by atoms with Gasteiger partial charge >= 0.3 is 0 Å². The number of nitrogens with zero attached hydrogens (tertiary/aromatic N) is 2. The van der Waals surface area contributed by atoms with Crippen LogP contribution in [0.1, 0.15) is 28.8 Å². The molecule has 7 nitrogen and oxygen atoms in total. The number of hydrogen-bond acceptors (Lipinski definition) is 5. The van der Waals surface area contributed by atoms with Crippen molar-refractivity contribution in [1.82, 2.24) is 4.90 Å². The van der Waals surface area contributed by atoms with Crippen LogP contribution >= 0.6 is 0 Å². The Bertz CT molecular complexity index is 604. The summed E-state index contributed by atoms with van der Waals surface area (Å²) in [6, 6.07) is 4.64. The average molecular weight is 320 g/mol. The largest absolute Gasteiger partial charge is 0.350 e. The molecule has 2 heterocycles. The minimum atomic E-state index is -0.451. The zero-order valence-corrected chi connectivity index (χ0v) is 13.1. The van der Waals surface area contributed by atoms with Crippen molar-refractivity contribution in [3.05, 3.63) is 39.4 Å². The molecule has 3 rings (SSSR count). The van der Waals surface area contributed by atoms with Gasteiger partial charge in [0.1, 0.15) is 0 Å². The maximum atomic E-state index is 12.6. The fourth-order valence-corrected chi connectivity index (χ4v) is 3.15. The van der Waals surface area contributed by atoms with Gasteiger partial charge in [0.05, 0.1) is 18.1 Å². The molecule has 7 heteroatoms. The summed E-state index contributed by atoms with van der Waals surface area (Å²) in [7, 11) is 0. The third kappa shape index (κ3) is 3.35. The van der Waals surface area contributed by atoms with Gasteiger partial charge in [-0.3, -0.25) is 14.9 Å². The Morgan fingerprint density at radius 2 is 1.91 bits per heavy atom. The molecule has 0 radical (unpaired) electrons. The summed E-state index contributed by atoms with van der Waals surface area (Å²) in [5.41, 5.74) is 0.911. The fraction of sp³-hybridized carbons (Fsp3) is 0.562. The van der Waals surface area contributed by atoms with E-state index in [1.165, 1.54) is 6.07 Å². The molecule has 1 amide bonds. The zero-order valence-electron chi connectivity index (χ0n) is 13.1. The monoisotopic (exact) mass is 320 g/mol. The van der Waals surface area contributed by atoms with Gasteiger partial charge in [0.15, 0.2) is 6.29 Å². The van der Waals surface area contributed by atoms with E-state index >= 15 is 0 Å². The third-order valence-electron chi connectivity index (χ3n) is 4.51. The van der Waals surface area contributed by atoms with Crippen molar-refractivity contribution >= 4 is 11.6 Å². The molecule has 2 fully saturated rings. The lowest BCUT2D eigenvalue weighted by atomic mass is 9.95. The first-order valence-electron chi connectivity index (χ1n) is 7.84. The number of amides is 1. The Kier molecular flexibility index (Phi) is 4.58. The van der Waals surface area contributed by atoms with Crippen LogP contribution in [0, 0.1) is 23.0 Å². The molecule has 0 saturated carbocycles. The number of nitro groups is 1. The maximum Gasteiger partial charge on any atom is 0.273 e. The first-order valence-corrected chi connectivity index (χ1v) is 7.84. The second-order valence-corrected chi connectivity index (χ2v) is 6.00. The fourth-order valence-electron chi connectivity index (χ4n) is 3.15. The average Bonchev–Trinajstić information content (AvgIpc) is 3.09. The summed E-state index contributed by atoms with van der Waals surface area (Å²) in [5.74, 6) is 0.161. The lowest BCUT2D eigenvalue weighted by Gasteiger charge is -2.33. The summed E-state index contributed by atoms with van der Waals surface area (Å²) in [6.45, 7) is 4.18. The van der Waals surface area contributed by atoms with Gasteiger partial charge in [0.2, 0.25) is 0 Å². The van der Waals surface area contributed by atoms with Crippen LogP contribution in [0.2, 0.25) is 0 Å². The first-order chi connectivity index (χ1) is 11.1. The number of ether oxygens (including phenoxy) is 2. The van der Waals surface area contributed by atoms with Gasteiger partial charge in [-0.25, -0.2) is 0 Å². The highest BCUT2D eigenvalue weighted by molar-refractivity contribution is 5.95. The minimum absolute atomic E-state index is 0.0153. The molecule has 2 saturated heterocycles. The second kappa shape index (κ2) is 6.64. The Balaban J connectivity index is 1.65. The number of aryl methyl sites for hydroxylation is 1. The molecule has 0 aliphatic carbocycles. The number of likely N-dealkylation sites (tertiary alicyclic amines) is 1. The Hall–Kier alpha value is -1.99. The molecule has 124 valence electrons. The first kappa shape index (κ1) is 15.9. The van der Waals surface area contributed by atoms with E-state index in [2.05, 4.69) is 0 Å². The molecule has 0 aromatic heterocycles. The van der Waals surface area contributed by atoms with Crippen LogP contribution in [-0.2, 0) is 9.47 Å². The van der Waals surface area contributed by atoms with Crippen molar-refractivity contribution < 1.29 is 19.2 Å². The number of rotatable bonds is 3. The highest BCUT2D eigenvalue weighted by Crippen LogP contribution is 2.27. The van der Waals surface area contributed by atoms with Crippen molar-refractivity contribution in [2.75, 3.05) is 26.3 Å². The highest BCUT2D eigenvalue weighted by Gasteiger charge is 2.32. The molecular weight excluding hydrogens is 300 g/mol. The van der Waals surface area contributed by atoms with Crippen molar-refractivity contribution in [2.45, 2.75) is 26.1 Å². The number of nitro benzene ring substituents is 1. The van der Waals surface area contributed by atoms with E-state index in [0.717, 1.165) is 12.8 Å². The molecule has 0 spiro atoms. The Labute approximate surface area is 134 Å². The predicted molar refractivity (Wildman–Crippen MR) is 82.2 cm³/mol. The lowest BCUT2D eigenvalue weighted by molar-refractivity contribution is -0.385. The molecule has 0 unspecified atom stereocenters. The predicted octanol–water partition coefficient (Wildman–Crippen LogP) is 2.13. The lowest BCUT2D eigenvalue weighted by Crippen LogP contribution is -2.41. The smallest absolute Gasteiger partial charge is 0.273 e. The van der Waals surface area contributed by atoms with Crippen LogP contribution in [0.25, 0.3) is 0 Å². The molecule has 23 heavy (non-hydrogen) atoms. The molecule has 0 atom stereocenters. The van der Waals surface area contributed by atoms with E-state index in [0.29, 0.717) is 43.3 Å². The van der Waals surface area contributed by atoms with Crippen LogP contribution in [-0.4, -0.2) is 48.3 Å². The van der Waals surface area contributed by atoms with E-state index in [1.54, 1.807) is 24.0 Å².